The van der Waals surface area contributed by atoms with Gasteiger partial charge in [0.15, 0.2) is 0 Å². The summed E-state index contributed by atoms with van der Waals surface area (Å²) in [7, 11) is 0. The van der Waals surface area contributed by atoms with Crippen molar-refractivity contribution in [1.29, 1.82) is 0 Å². The maximum atomic E-state index is 5.75. The molecule has 1 aromatic rings. The quantitative estimate of drug-likeness (QED) is 0.779. The van der Waals surface area contributed by atoms with Gasteiger partial charge in [0.25, 0.3) is 0 Å². The van der Waals surface area contributed by atoms with Gasteiger partial charge in [-0.1, -0.05) is 0 Å². The van der Waals surface area contributed by atoms with Gasteiger partial charge in [-0.25, -0.2) is 0 Å². The molecule has 0 aliphatic rings. The third-order valence-electron chi connectivity index (χ3n) is 2.66. The molecule has 0 fully saturated rings. The van der Waals surface area contributed by atoms with Crippen LogP contribution in [0.4, 0.5) is 0 Å². The molecule has 0 aliphatic carbocycles. The summed E-state index contributed by atoms with van der Waals surface area (Å²) >= 11 is 5.75. The van der Waals surface area contributed by atoms with Gasteiger partial charge in [-0.05, 0) is 40.2 Å². The molecule has 0 spiro atoms. The van der Waals surface area contributed by atoms with E-state index < -0.39 is 0 Å². The molecule has 1 rings (SSSR count). The van der Waals surface area contributed by atoms with Gasteiger partial charge in [-0.15, -0.1) is 11.6 Å². The molecule has 16 heavy (non-hydrogen) atoms. The summed E-state index contributed by atoms with van der Waals surface area (Å²) in [4.78, 5) is 0. The first kappa shape index (κ1) is 13.5. The lowest BCUT2D eigenvalue weighted by Crippen LogP contribution is -2.39. The standard InChI is InChI=1S/C12H22ClN3/c1-10(2)16-8-5-11(15-16)9-14-12(3,4)6-7-13/h5,8,10,14H,6-7,9H2,1-4H3. The Morgan fingerprint density at radius 2 is 2.19 bits per heavy atom. The fourth-order valence-electron chi connectivity index (χ4n) is 1.41. The van der Waals surface area contributed by atoms with E-state index >= 15 is 0 Å². The van der Waals surface area contributed by atoms with Crippen LogP contribution >= 0.6 is 11.6 Å². The number of aromatic nitrogens is 2. The van der Waals surface area contributed by atoms with Gasteiger partial charge < -0.3 is 5.32 Å². The molecule has 1 aromatic heterocycles. The fraction of sp³-hybridized carbons (Fsp3) is 0.750. The van der Waals surface area contributed by atoms with Crippen molar-refractivity contribution in [2.75, 3.05) is 5.88 Å². The molecule has 0 saturated heterocycles. The lowest BCUT2D eigenvalue weighted by atomic mass is 10.0. The van der Waals surface area contributed by atoms with Crippen molar-refractivity contribution in [3.8, 4) is 0 Å². The van der Waals surface area contributed by atoms with Gasteiger partial charge in [0.05, 0.1) is 5.69 Å². The Labute approximate surface area is 103 Å². The van der Waals surface area contributed by atoms with E-state index in [0.29, 0.717) is 11.9 Å². The average Bonchev–Trinajstić information content (AvgIpc) is 2.63. The SMILES string of the molecule is CC(C)n1ccc(CNC(C)(C)CCCl)n1. The average molecular weight is 244 g/mol. The van der Waals surface area contributed by atoms with Crippen LogP contribution in [-0.4, -0.2) is 21.2 Å². The molecule has 0 aliphatic heterocycles. The Balaban J connectivity index is 2.48. The second-order valence-electron chi connectivity index (χ2n) is 5.06. The second kappa shape index (κ2) is 5.69. The lowest BCUT2D eigenvalue weighted by Gasteiger charge is -2.24. The summed E-state index contributed by atoms with van der Waals surface area (Å²) < 4.78 is 1.98. The lowest BCUT2D eigenvalue weighted by molar-refractivity contribution is 0.372. The number of nitrogens with one attached hydrogen (secondary N) is 1. The van der Waals surface area contributed by atoms with Gasteiger partial charge in [0, 0.05) is 30.2 Å². The molecule has 0 amide bonds. The Hall–Kier alpha value is -0.540. The molecule has 92 valence electrons. The first-order valence-corrected chi connectivity index (χ1v) is 6.33. The maximum absolute atomic E-state index is 5.75. The molecule has 1 N–H and O–H groups in total. The van der Waals surface area contributed by atoms with Crippen LogP contribution in [0.2, 0.25) is 0 Å². The summed E-state index contributed by atoms with van der Waals surface area (Å²) in [5.41, 5.74) is 1.15. The van der Waals surface area contributed by atoms with Crippen molar-refractivity contribution in [2.24, 2.45) is 0 Å². The molecule has 0 aromatic carbocycles. The number of nitrogens with zero attached hydrogens (tertiary/aromatic N) is 2. The maximum Gasteiger partial charge on any atom is 0.0762 e. The van der Waals surface area contributed by atoms with Crippen LogP contribution in [0.1, 0.15) is 45.9 Å². The Morgan fingerprint density at radius 3 is 2.69 bits per heavy atom. The highest BCUT2D eigenvalue weighted by atomic mass is 35.5. The van der Waals surface area contributed by atoms with E-state index in [-0.39, 0.29) is 5.54 Å². The van der Waals surface area contributed by atoms with Crippen molar-refractivity contribution in [3.63, 3.8) is 0 Å². The zero-order valence-corrected chi connectivity index (χ0v) is 11.4. The van der Waals surface area contributed by atoms with Gasteiger partial charge >= 0.3 is 0 Å². The van der Waals surface area contributed by atoms with E-state index in [4.69, 9.17) is 11.6 Å². The topological polar surface area (TPSA) is 29.9 Å². The van der Waals surface area contributed by atoms with Gasteiger partial charge in [0.1, 0.15) is 0 Å². The van der Waals surface area contributed by atoms with Crippen molar-refractivity contribution in [1.82, 2.24) is 15.1 Å². The predicted octanol–water partition coefficient (Wildman–Crippen LogP) is 2.96. The normalized spacial score (nSPS) is 12.4. The van der Waals surface area contributed by atoms with E-state index in [9.17, 15) is 0 Å². The number of rotatable bonds is 6. The number of halogens is 1. The molecular weight excluding hydrogens is 222 g/mol. The van der Waals surface area contributed by atoms with Gasteiger partial charge in [-0.2, -0.15) is 5.10 Å². The predicted molar refractivity (Wildman–Crippen MR) is 68.9 cm³/mol. The van der Waals surface area contributed by atoms with E-state index in [1.54, 1.807) is 0 Å². The molecule has 4 heteroatoms. The zero-order chi connectivity index (χ0) is 12.2. The van der Waals surface area contributed by atoms with Crippen LogP contribution < -0.4 is 5.32 Å². The van der Waals surface area contributed by atoms with Crippen LogP contribution in [0.25, 0.3) is 0 Å². The smallest absolute Gasteiger partial charge is 0.0762 e. The molecular formula is C12H22ClN3. The molecule has 0 radical (unpaired) electrons. The van der Waals surface area contributed by atoms with Crippen molar-refractivity contribution >= 4 is 11.6 Å². The first-order chi connectivity index (χ1) is 7.44. The summed E-state index contributed by atoms with van der Waals surface area (Å²) in [5.74, 6) is 0.681. The molecule has 1 heterocycles. The van der Waals surface area contributed by atoms with E-state index in [1.807, 2.05) is 10.9 Å². The summed E-state index contributed by atoms with van der Waals surface area (Å²) in [6.07, 6.45) is 2.98. The Morgan fingerprint density at radius 1 is 1.50 bits per heavy atom. The second-order valence-corrected chi connectivity index (χ2v) is 5.44. The van der Waals surface area contributed by atoms with Crippen molar-refractivity contribution in [3.05, 3.63) is 18.0 Å². The summed E-state index contributed by atoms with van der Waals surface area (Å²) in [5, 5.41) is 7.96. The van der Waals surface area contributed by atoms with Crippen molar-refractivity contribution < 1.29 is 0 Å². The monoisotopic (exact) mass is 243 g/mol. The van der Waals surface area contributed by atoms with Crippen LogP contribution in [0.5, 0.6) is 0 Å². The summed E-state index contributed by atoms with van der Waals surface area (Å²) in [6, 6.07) is 2.48. The van der Waals surface area contributed by atoms with E-state index in [0.717, 1.165) is 18.7 Å². The third kappa shape index (κ3) is 4.14. The minimum atomic E-state index is 0.0728. The van der Waals surface area contributed by atoms with Crippen molar-refractivity contribution in [2.45, 2.75) is 52.2 Å². The van der Waals surface area contributed by atoms with Gasteiger partial charge in [-0.3, -0.25) is 4.68 Å². The Bertz CT molecular complexity index is 318. The highest BCUT2D eigenvalue weighted by molar-refractivity contribution is 6.17. The van der Waals surface area contributed by atoms with E-state index in [1.165, 1.54) is 0 Å². The molecule has 0 bridgehead atoms. The zero-order valence-electron chi connectivity index (χ0n) is 10.6. The largest absolute Gasteiger partial charge is 0.306 e. The van der Waals surface area contributed by atoms with Crippen LogP contribution in [0.15, 0.2) is 12.3 Å². The Kier molecular flexibility index (Phi) is 4.81. The number of hydrogen-bond acceptors (Lipinski definition) is 2. The highest BCUT2D eigenvalue weighted by Crippen LogP contribution is 2.11. The molecule has 0 atom stereocenters. The van der Waals surface area contributed by atoms with E-state index in [2.05, 4.69) is 44.2 Å². The minimum absolute atomic E-state index is 0.0728. The van der Waals surface area contributed by atoms with Crippen LogP contribution in [0, 0.1) is 0 Å². The minimum Gasteiger partial charge on any atom is -0.306 e. The highest BCUT2D eigenvalue weighted by Gasteiger charge is 2.16. The number of alkyl halides is 1. The number of hydrogen-bond donors (Lipinski definition) is 1. The molecule has 3 nitrogen and oxygen atoms in total. The van der Waals surface area contributed by atoms with Crippen LogP contribution in [-0.2, 0) is 6.54 Å². The summed E-state index contributed by atoms with van der Waals surface area (Å²) in [6.45, 7) is 9.37. The fourth-order valence-corrected chi connectivity index (χ4v) is 1.89. The first-order valence-electron chi connectivity index (χ1n) is 5.79. The molecule has 0 saturated carbocycles. The molecule has 0 unspecified atom stereocenters. The van der Waals surface area contributed by atoms with Crippen LogP contribution in [0.3, 0.4) is 0 Å². The van der Waals surface area contributed by atoms with Gasteiger partial charge in [0.2, 0.25) is 0 Å². The third-order valence-corrected chi connectivity index (χ3v) is 2.85.